The minimum Gasteiger partial charge on any atom is -0.399 e. The highest BCUT2D eigenvalue weighted by molar-refractivity contribution is 7.91. The van der Waals surface area contributed by atoms with Gasteiger partial charge in [-0.05, 0) is 30.5 Å². The largest absolute Gasteiger partial charge is 0.399 e. The molecular formula is C14H17N3O3S2. The molecule has 1 fully saturated rings. The van der Waals surface area contributed by atoms with Crippen molar-refractivity contribution in [3.8, 4) is 0 Å². The summed E-state index contributed by atoms with van der Waals surface area (Å²) < 4.78 is 32.7. The van der Waals surface area contributed by atoms with E-state index in [9.17, 15) is 8.42 Å². The van der Waals surface area contributed by atoms with E-state index in [1.807, 2.05) is 6.92 Å². The van der Waals surface area contributed by atoms with Crippen LogP contribution in [0, 0.1) is 6.92 Å². The molecule has 3 rings (SSSR count). The Kier molecular flexibility index (Phi) is 4.18. The highest BCUT2D eigenvalue weighted by Crippen LogP contribution is 2.28. The van der Waals surface area contributed by atoms with Gasteiger partial charge in [-0.3, -0.25) is 4.98 Å². The Labute approximate surface area is 133 Å². The van der Waals surface area contributed by atoms with Gasteiger partial charge >= 0.3 is 0 Å². The predicted molar refractivity (Wildman–Crippen MR) is 85.2 cm³/mol. The molecule has 0 spiro atoms. The maximum atomic E-state index is 12.6. The molecular weight excluding hydrogens is 322 g/mol. The number of hydrogen-bond acceptors (Lipinski definition) is 6. The van der Waals surface area contributed by atoms with Crippen LogP contribution in [0.4, 0.5) is 5.69 Å². The summed E-state index contributed by atoms with van der Waals surface area (Å²) in [5.74, 6) is 0. The fourth-order valence-electron chi connectivity index (χ4n) is 2.45. The van der Waals surface area contributed by atoms with Crippen LogP contribution in [0.3, 0.4) is 0 Å². The van der Waals surface area contributed by atoms with Crippen LogP contribution in [0.2, 0.25) is 0 Å². The van der Waals surface area contributed by atoms with E-state index in [1.165, 1.54) is 15.6 Å². The molecule has 2 aromatic heterocycles. The smallest absolute Gasteiger partial charge is 0.252 e. The topological polar surface area (TPSA) is 85.5 Å². The van der Waals surface area contributed by atoms with Gasteiger partial charge in [0, 0.05) is 24.5 Å². The molecule has 0 radical (unpaired) electrons. The van der Waals surface area contributed by atoms with E-state index in [1.54, 1.807) is 29.6 Å². The van der Waals surface area contributed by atoms with Crippen molar-refractivity contribution in [3.63, 3.8) is 0 Å². The number of pyridine rings is 1. The standard InChI is InChI=1S/C14H17N3O3S2/c1-10-7-11(15)8-12(16-10)13-9-17(4-5-20-13)22(18,19)14-3-2-6-21-14/h2-3,6-8,13H,4-5,9H2,1H3,(H2,15,16)/t13-/m1/s1. The van der Waals surface area contributed by atoms with Gasteiger partial charge in [-0.25, -0.2) is 8.42 Å². The number of aryl methyl sites for hydroxylation is 1. The molecule has 0 aromatic carbocycles. The molecule has 1 atom stereocenters. The van der Waals surface area contributed by atoms with Crippen LogP contribution in [-0.4, -0.2) is 37.4 Å². The highest BCUT2D eigenvalue weighted by atomic mass is 32.2. The van der Waals surface area contributed by atoms with E-state index in [2.05, 4.69) is 4.98 Å². The molecule has 2 N–H and O–H groups in total. The Morgan fingerprint density at radius 3 is 2.95 bits per heavy atom. The third-order valence-corrected chi connectivity index (χ3v) is 6.68. The summed E-state index contributed by atoms with van der Waals surface area (Å²) in [6.07, 6.45) is -0.398. The van der Waals surface area contributed by atoms with E-state index >= 15 is 0 Å². The van der Waals surface area contributed by atoms with E-state index in [4.69, 9.17) is 10.5 Å². The normalized spacial score (nSPS) is 20.1. The number of hydrogen-bond donors (Lipinski definition) is 1. The lowest BCUT2D eigenvalue weighted by Crippen LogP contribution is -2.42. The summed E-state index contributed by atoms with van der Waals surface area (Å²) in [6.45, 7) is 2.78. The molecule has 1 aliphatic heterocycles. The van der Waals surface area contributed by atoms with Gasteiger partial charge in [-0.15, -0.1) is 11.3 Å². The average molecular weight is 339 g/mol. The van der Waals surface area contributed by atoms with Crippen molar-refractivity contribution in [2.75, 3.05) is 25.4 Å². The van der Waals surface area contributed by atoms with Crippen LogP contribution in [0.15, 0.2) is 33.9 Å². The van der Waals surface area contributed by atoms with Crippen LogP contribution in [0.25, 0.3) is 0 Å². The van der Waals surface area contributed by atoms with Gasteiger partial charge in [-0.1, -0.05) is 6.07 Å². The van der Waals surface area contributed by atoms with Crippen molar-refractivity contribution in [2.24, 2.45) is 0 Å². The SMILES string of the molecule is Cc1cc(N)cc([C@H]2CN(S(=O)(=O)c3cccs3)CCO2)n1. The van der Waals surface area contributed by atoms with E-state index in [-0.39, 0.29) is 6.54 Å². The Bertz CT molecular complexity index is 739. The monoisotopic (exact) mass is 339 g/mol. The van der Waals surface area contributed by atoms with Gasteiger partial charge in [0.15, 0.2) is 0 Å². The molecule has 2 aromatic rings. The lowest BCUT2D eigenvalue weighted by atomic mass is 10.2. The molecule has 3 heterocycles. The summed E-state index contributed by atoms with van der Waals surface area (Å²) in [7, 11) is -3.47. The first-order valence-electron chi connectivity index (χ1n) is 6.86. The number of ether oxygens (including phenoxy) is 1. The van der Waals surface area contributed by atoms with Crippen LogP contribution in [-0.2, 0) is 14.8 Å². The number of thiophene rings is 1. The summed E-state index contributed by atoms with van der Waals surface area (Å²) in [5.41, 5.74) is 7.90. The first-order valence-corrected chi connectivity index (χ1v) is 9.18. The fraction of sp³-hybridized carbons (Fsp3) is 0.357. The molecule has 0 aliphatic carbocycles. The number of anilines is 1. The number of nitrogens with two attached hydrogens (primary N) is 1. The third-order valence-electron chi connectivity index (χ3n) is 3.44. The van der Waals surface area contributed by atoms with E-state index in [0.29, 0.717) is 28.7 Å². The average Bonchev–Trinajstić information content (AvgIpc) is 3.01. The first-order chi connectivity index (χ1) is 10.5. The molecule has 0 saturated carbocycles. The van der Waals surface area contributed by atoms with Crippen molar-refractivity contribution in [3.05, 3.63) is 41.0 Å². The quantitative estimate of drug-likeness (QED) is 0.921. The Morgan fingerprint density at radius 1 is 1.45 bits per heavy atom. The molecule has 8 heteroatoms. The number of nitrogens with zero attached hydrogens (tertiary/aromatic N) is 2. The molecule has 1 aliphatic rings. The second-order valence-corrected chi connectivity index (χ2v) is 8.23. The summed E-state index contributed by atoms with van der Waals surface area (Å²) in [4.78, 5) is 4.41. The van der Waals surface area contributed by atoms with Crippen LogP contribution >= 0.6 is 11.3 Å². The van der Waals surface area contributed by atoms with Gasteiger partial charge in [-0.2, -0.15) is 4.31 Å². The minimum atomic E-state index is -3.47. The summed E-state index contributed by atoms with van der Waals surface area (Å²) in [5, 5.41) is 1.76. The molecule has 22 heavy (non-hydrogen) atoms. The third kappa shape index (κ3) is 3.00. The number of nitrogen functional groups attached to an aromatic ring is 1. The van der Waals surface area contributed by atoms with Crippen molar-refractivity contribution in [1.82, 2.24) is 9.29 Å². The van der Waals surface area contributed by atoms with E-state index in [0.717, 1.165) is 5.69 Å². The lowest BCUT2D eigenvalue weighted by molar-refractivity contribution is -0.00491. The van der Waals surface area contributed by atoms with Gasteiger partial charge in [0.25, 0.3) is 10.0 Å². The molecule has 0 unspecified atom stereocenters. The maximum absolute atomic E-state index is 12.6. The van der Waals surface area contributed by atoms with Gasteiger partial charge in [0.05, 0.1) is 12.3 Å². The Balaban J connectivity index is 1.86. The second-order valence-electron chi connectivity index (χ2n) is 5.12. The van der Waals surface area contributed by atoms with E-state index < -0.39 is 16.1 Å². The van der Waals surface area contributed by atoms with Crippen molar-refractivity contribution >= 4 is 27.0 Å². The number of rotatable bonds is 3. The molecule has 0 bridgehead atoms. The minimum absolute atomic E-state index is 0.246. The molecule has 1 saturated heterocycles. The van der Waals surface area contributed by atoms with Crippen LogP contribution < -0.4 is 5.73 Å². The van der Waals surface area contributed by atoms with Crippen molar-refractivity contribution in [1.29, 1.82) is 0 Å². The van der Waals surface area contributed by atoms with Crippen LogP contribution in [0.1, 0.15) is 17.5 Å². The maximum Gasteiger partial charge on any atom is 0.252 e. The first kappa shape index (κ1) is 15.4. The van der Waals surface area contributed by atoms with Crippen molar-refractivity contribution in [2.45, 2.75) is 17.2 Å². The molecule has 118 valence electrons. The number of aromatic nitrogens is 1. The Hall–Kier alpha value is -1.48. The van der Waals surface area contributed by atoms with Gasteiger partial charge < -0.3 is 10.5 Å². The van der Waals surface area contributed by atoms with Gasteiger partial charge in [0.2, 0.25) is 0 Å². The van der Waals surface area contributed by atoms with Gasteiger partial charge in [0.1, 0.15) is 10.3 Å². The second kappa shape index (κ2) is 5.96. The Morgan fingerprint density at radius 2 is 2.27 bits per heavy atom. The molecule has 0 amide bonds. The highest BCUT2D eigenvalue weighted by Gasteiger charge is 2.32. The predicted octanol–water partition coefficient (Wildman–Crippen LogP) is 1.80. The zero-order valence-corrected chi connectivity index (χ0v) is 13.7. The number of sulfonamides is 1. The van der Waals surface area contributed by atoms with Crippen LogP contribution in [0.5, 0.6) is 0 Å². The summed E-state index contributed by atoms with van der Waals surface area (Å²) >= 11 is 1.22. The zero-order valence-electron chi connectivity index (χ0n) is 12.1. The molecule has 6 nitrogen and oxygen atoms in total. The zero-order chi connectivity index (χ0) is 15.7. The number of morpholine rings is 1. The van der Waals surface area contributed by atoms with Crippen molar-refractivity contribution < 1.29 is 13.2 Å². The fourth-order valence-corrected chi connectivity index (χ4v) is 5.02. The lowest BCUT2D eigenvalue weighted by Gasteiger charge is -2.31. The summed E-state index contributed by atoms with van der Waals surface area (Å²) in [6, 6.07) is 6.86.